The molecule has 3 heteroatoms. The molecule has 0 spiro atoms. The molecule has 3 nitrogen and oxygen atoms in total. The van der Waals surface area contributed by atoms with E-state index in [1.54, 1.807) is 7.11 Å². The van der Waals surface area contributed by atoms with Gasteiger partial charge >= 0.3 is 0 Å². The second kappa shape index (κ2) is 5.55. The highest BCUT2D eigenvalue weighted by Crippen LogP contribution is 2.23. The van der Waals surface area contributed by atoms with Crippen LogP contribution in [-0.4, -0.2) is 19.1 Å². The molecular formula is C14H18N2O. The van der Waals surface area contributed by atoms with Crippen molar-refractivity contribution in [2.75, 3.05) is 14.2 Å². The van der Waals surface area contributed by atoms with Gasteiger partial charge < -0.3 is 15.0 Å². The van der Waals surface area contributed by atoms with Gasteiger partial charge in [0.1, 0.15) is 5.75 Å². The number of benzene rings is 1. The Balaban J connectivity index is 2.18. The summed E-state index contributed by atoms with van der Waals surface area (Å²) in [4.78, 5) is 3.24. The fourth-order valence-electron chi connectivity index (χ4n) is 2.02. The molecule has 0 aliphatic carbocycles. The Hall–Kier alpha value is -1.74. The maximum absolute atomic E-state index is 5.37. The van der Waals surface area contributed by atoms with Crippen LogP contribution in [0.1, 0.15) is 17.3 Å². The molecule has 2 aromatic rings. The lowest BCUT2D eigenvalue weighted by molar-refractivity contribution is 0.406. The van der Waals surface area contributed by atoms with Gasteiger partial charge in [0, 0.05) is 11.9 Å². The standard InChI is InChI=1S/C14H18N2O/c1-15-13(12-7-5-9-16-12)10-11-6-3-4-8-14(11)17-2/h3-9,13,15-16H,10H2,1-2H3. The molecule has 0 bridgehead atoms. The predicted octanol–water partition coefficient (Wildman–Crippen LogP) is 2.53. The van der Waals surface area contributed by atoms with Crippen molar-refractivity contribution in [2.24, 2.45) is 0 Å². The normalized spacial score (nSPS) is 12.4. The molecule has 1 aromatic heterocycles. The van der Waals surface area contributed by atoms with Gasteiger partial charge in [-0.15, -0.1) is 0 Å². The van der Waals surface area contributed by atoms with Crippen molar-refractivity contribution in [3.05, 3.63) is 53.9 Å². The number of methoxy groups -OCH3 is 1. The Morgan fingerprint density at radius 2 is 2.06 bits per heavy atom. The van der Waals surface area contributed by atoms with Gasteiger partial charge in [0.05, 0.1) is 13.2 Å². The molecule has 0 aliphatic rings. The van der Waals surface area contributed by atoms with Crippen LogP contribution in [0.3, 0.4) is 0 Å². The van der Waals surface area contributed by atoms with E-state index in [4.69, 9.17) is 4.74 Å². The summed E-state index contributed by atoms with van der Waals surface area (Å²) in [6, 6.07) is 12.5. The van der Waals surface area contributed by atoms with Crippen molar-refractivity contribution in [1.29, 1.82) is 0 Å². The second-order valence-electron chi connectivity index (χ2n) is 3.98. The zero-order valence-electron chi connectivity index (χ0n) is 10.2. The average Bonchev–Trinajstić information content (AvgIpc) is 2.90. The van der Waals surface area contributed by atoms with E-state index >= 15 is 0 Å². The number of aromatic amines is 1. The first kappa shape index (κ1) is 11.7. The number of ether oxygens (including phenoxy) is 1. The summed E-state index contributed by atoms with van der Waals surface area (Å²) in [5, 5.41) is 3.32. The van der Waals surface area contributed by atoms with E-state index in [1.165, 1.54) is 11.3 Å². The number of rotatable bonds is 5. The fraction of sp³-hybridized carbons (Fsp3) is 0.286. The fourth-order valence-corrected chi connectivity index (χ4v) is 2.02. The third kappa shape index (κ3) is 2.68. The maximum atomic E-state index is 5.37. The Labute approximate surface area is 102 Å². The minimum Gasteiger partial charge on any atom is -0.496 e. The maximum Gasteiger partial charge on any atom is 0.122 e. The van der Waals surface area contributed by atoms with Gasteiger partial charge in [-0.3, -0.25) is 0 Å². The molecule has 1 heterocycles. The van der Waals surface area contributed by atoms with Crippen LogP contribution >= 0.6 is 0 Å². The van der Waals surface area contributed by atoms with Crippen LogP contribution in [0, 0.1) is 0 Å². The molecule has 2 N–H and O–H groups in total. The molecular weight excluding hydrogens is 212 g/mol. The van der Waals surface area contributed by atoms with Crippen LogP contribution in [0.4, 0.5) is 0 Å². The zero-order chi connectivity index (χ0) is 12.1. The van der Waals surface area contributed by atoms with E-state index in [0.29, 0.717) is 0 Å². The van der Waals surface area contributed by atoms with Crippen molar-refractivity contribution in [2.45, 2.75) is 12.5 Å². The third-order valence-electron chi connectivity index (χ3n) is 2.96. The highest BCUT2D eigenvalue weighted by Gasteiger charge is 2.13. The van der Waals surface area contributed by atoms with Crippen LogP contribution in [0.15, 0.2) is 42.6 Å². The van der Waals surface area contributed by atoms with Gasteiger partial charge in [-0.2, -0.15) is 0 Å². The number of hydrogen-bond acceptors (Lipinski definition) is 2. The molecule has 90 valence electrons. The van der Waals surface area contributed by atoms with Gasteiger partial charge in [-0.05, 0) is 37.2 Å². The van der Waals surface area contributed by atoms with Crippen LogP contribution in [-0.2, 0) is 6.42 Å². The van der Waals surface area contributed by atoms with Crippen molar-refractivity contribution < 1.29 is 4.74 Å². The van der Waals surface area contributed by atoms with Gasteiger partial charge in [0.15, 0.2) is 0 Å². The average molecular weight is 230 g/mol. The minimum atomic E-state index is 0.279. The second-order valence-corrected chi connectivity index (χ2v) is 3.98. The zero-order valence-corrected chi connectivity index (χ0v) is 10.2. The lowest BCUT2D eigenvalue weighted by Gasteiger charge is -2.16. The smallest absolute Gasteiger partial charge is 0.122 e. The molecule has 0 aliphatic heterocycles. The van der Waals surface area contributed by atoms with Crippen molar-refractivity contribution in [3.63, 3.8) is 0 Å². The highest BCUT2D eigenvalue weighted by molar-refractivity contribution is 5.34. The summed E-state index contributed by atoms with van der Waals surface area (Å²) in [6.07, 6.45) is 2.85. The van der Waals surface area contributed by atoms with E-state index in [1.807, 2.05) is 37.5 Å². The quantitative estimate of drug-likeness (QED) is 0.828. The molecule has 17 heavy (non-hydrogen) atoms. The summed E-state index contributed by atoms with van der Waals surface area (Å²) in [5.74, 6) is 0.944. The van der Waals surface area contributed by atoms with E-state index in [0.717, 1.165) is 12.2 Å². The number of nitrogens with one attached hydrogen (secondary N) is 2. The lowest BCUT2D eigenvalue weighted by atomic mass is 10.0. The van der Waals surface area contributed by atoms with Gasteiger partial charge in [-0.1, -0.05) is 18.2 Å². The highest BCUT2D eigenvalue weighted by atomic mass is 16.5. The van der Waals surface area contributed by atoms with Crippen LogP contribution in [0.2, 0.25) is 0 Å². The first-order valence-corrected chi connectivity index (χ1v) is 5.77. The van der Waals surface area contributed by atoms with Crippen molar-refractivity contribution in [1.82, 2.24) is 10.3 Å². The monoisotopic (exact) mass is 230 g/mol. The summed E-state index contributed by atoms with van der Waals surface area (Å²) in [6.45, 7) is 0. The number of hydrogen-bond donors (Lipinski definition) is 2. The number of aromatic nitrogens is 1. The molecule has 0 saturated heterocycles. The predicted molar refractivity (Wildman–Crippen MR) is 69.3 cm³/mol. The topological polar surface area (TPSA) is 37.0 Å². The SMILES string of the molecule is CNC(Cc1ccccc1OC)c1ccc[nH]1. The number of H-pyrrole nitrogens is 1. The molecule has 0 saturated carbocycles. The molecule has 2 rings (SSSR count). The first-order valence-electron chi connectivity index (χ1n) is 5.77. The first-order chi connectivity index (χ1) is 8.35. The van der Waals surface area contributed by atoms with Crippen LogP contribution < -0.4 is 10.1 Å². The Bertz CT molecular complexity index is 451. The Kier molecular flexibility index (Phi) is 3.83. The molecule has 1 aromatic carbocycles. The number of likely N-dealkylation sites (N-methyl/N-ethyl adjacent to an activating group) is 1. The number of para-hydroxylation sites is 1. The van der Waals surface area contributed by atoms with Crippen molar-refractivity contribution in [3.8, 4) is 5.75 Å². The Morgan fingerprint density at radius 3 is 2.71 bits per heavy atom. The molecule has 0 amide bonds. The van der Waals surface area contributed by atoms with Gasteiger partial charge in [0.25, 0.3) is 0 Å². The van der Waals surface area contributed by atoms with Gasteiger partial charge in [0.2, 0.25) is 0 Å². The molecule has 1 atom stereocenters. The summed E-state index contributed by atoms with van der Waals surface area (Å²) < 4.78 is 5.37. The van der Waals surface area contributed by atoms with Crippen molar-refractivity contribution >= 4 is 0 Å². The Morgan fingerprint density at radius 1 is 1.24 bits per heavy atom. The summed E-state index contributed by atoms with van der Waals surface area (Å²) in [5.41, 5.74) is 2.40. The largest absolute Gasteiger partial charge is 0.496 e. The molecule has 0 fully saturated rings. The van der Waals surface area contributed by atoms with Gasteiger partial charge in [-0.25, -0.2) is 0 Å². The molecule has 0 radical (unpaired) electrons. The van der Waals surface area contributed by atoms with E-state index in [2.05, 4.69) is 22.4 Å². The van der Waals surface area contributed by atoms with E-state index < -0.39 is 0 Å². The van der Waals surface area contributed by atoms with E-state index in [-0.39, 0.29) is 6.04 Å². The van der Waals surface area contributed by atoms with Crippen LogP contribution in [0.25, 0.3) is 0 Å². The van der Waals surface area contributed by atoms with E-state index in [9.17, 15) is 0 Å². The molecule has 1 unspecified atom stereocenters. The minimum absolute atomic E-state index is 0.279. The summed E-state index contributed by atoms with van der Waals surface area (Å²) >= 11 is 0. The summed E-state index contributed by atoms with van der Waals surface area (Å²) in [7, 11) is 3.68. The van der Waals surface area contributed by atoms with Crippen LogP contribution in [0.5, 0.6) is 5.75 Å². The third-order valence-corrected chi connectivity index (χ3v) is 2.96. The lowest BCUT2D eigenvalue weighted by Crippen LogP contribution is -2.19.